The van der Waals surface area contributed by atoms with Crippen molar-refractivity contribution in [3.05, 3.63) is 30.3 Å². The summed E-state index contributed by atoms with van der Waals surface area (Å²) in [6.45, 7) is 5.71. The van der Waals surface area contributed by atoms with Crippen molar-refractivity contribution < 1.29 is 18.1 Å². The van der Waals surface area contributed by atoms with Crippen LogP contribution in [0.2, 0.25) is 0 Å². The van der Waals surface area contributed by atoms with E-state index in [2.05, 4.69) is 4.90 Å². The van der Waals surface area contributed by atoms with Gasteiger partial charge in [-0.15, -0.1) is 0 Å². The molecule has 2 N–H and O–H groups in total. The molecule has 0 spiro atoms. The van der Waals surface area contributed by atoms with Gasteiger partial charge in [-0.05, 0) is 43.5 Å². The van der Waals surface area contributed by atoms with Crippen LogP contribution in [0.4, 0.5) is 5.69 Å². The average molecular weight is 295 g/mol. The molecule has 0 bridgehead atoms. The number of hydrogen-bond donors (Lipinski definition) is 2. The Morgan fingerprint density at radius 2 is 1.75 bits per heavy atom. The lowest BCUT2D eigenvalue weighted by Crippen LogP contribution is -2.21. The highest BCUT2D eigenvalue weighted by Crippen LogP contribution is 2.31. The molecule has 0 saturated carbocycles. The van der Waals surface area contributed by atoms with Crippen LogP contribution in [0.5, 0.6) is 5.75 Å². The van der Waals surface area contributed by atoms with Gasteiger partial charge in [0.15, 0.2) is 0 Å². The summed E-state index contributed by atoms with van der Waals surface area (Å²) in [5.41, 5.74) is 0.939. The summed E-state index contributed by atoms with van der Waals surface area (Å²) < 4.78 is 31.5. The monoisotopic (exact) mass is 295 g/mol. The number of phenolic OH excluding ortho intramolecular Hbond substituents is 1. The van der Waals surface area contributed by atoms with Gasteiger partial charge in [-0.2, -0.15) is 8.42 Å². The van der Waals surface area contributed by atoms with Crippen molar-refractivity contribution in [1.29, 1.82) is 0 Å². The van der Waals surface area contributed by atoms with Gasteiger partial charge in [0, 0.05) is 30.2 Å². The fourth-order valence-electron chi connectivity index (χ4n) is 2.24. The van der Waals surface area contributed by atoms with Crippen LogP contribution < -0.4 is 4.90 Å². The van der Waals surface area contributed by atoms with Gasteiger partial charge in [-0.25, -0.2) is 0 Å². The van der Waals surface area contributed by atoms with E-state index >= 15 is 0 Å². The number of benzene rings is 2. The maximum atomic E-state index is 11.2. The molecular formula is C14H17NO4S. The topological polar surface area (TPSA) is 77.8 Å². The molecule has 2 aromatic rings. The molecule has 5 nitrogen and oxygen atoms in total. The lowest BCUT2D eigenvalue weighted by atomic mass is 10.1. The molecule has 0 aromatic heterocycles. The molecule has 0 heterocycles. The Kier molecular flexibility index (Phi) is 3.87. The fraction of sp³-hybridized carbons (Fsp3) is 0.286. The lowest BCUT2D eigenvalue weighted by molar-refractivity contribution is 0.471. The summed E-state index contributed by atoms with van der Waals surface area (Å²) in [7, 11) is -4.33. The average Bonchev–Trinajstić information content (AvgIpc) is 2.38. The van der Waals surface area contributed by atoms with Gasteiger partial charge >= 0.3 is 0 Å². The third-order valence-corrected chi connectivity index (χ3v) is 4.15. The van der Waals surface area contributed by atoms with E-state index < -0.39 is 10.1 Å². The van der Waals surface area contributed by atoms with E-state index in [1.807, 2.05) is 19.9 Å². The Labute approximate surface area is 118 Å². The Bertz CT molecular complexity index is 736. The second-order valence-electron chi connectivity index (χ2n) is 4.50. The third-order valence-electron chi connectivity index (χ3n) is 3.31. The molecule has 0 saturated heterocycles. The van der Waals surface area contributed by atoms with Crippen molar-refractivity contribution in [1.82, 2.24) is 0 Å². The van der Waals surface area contributed by atoms with Gasteiger partial charge < -0.3 is 10.0 Å². The number of aromatic hydroxyl groups is 1. The first-order valence-electron chi connectivity index (χ1n) is 6.36. The van der Waals surface area contributed by atoms with E-state index in [9.17, 15) is 13.5 Å². The minimum atomic E-state index is -4.33. The van der Waals surface area contributed by atoms with E-state index in [-0.39, 0.29) is 10.6 Å². The lowest BCUT2D eigenvalue weighted by Gasteiger charge is -2.21. The molecule has 2 aromatic carbocycles. The summed E-state index contributed by atoms with van der Waals surface area (Å²) in [5.74, 6) is -0.166. The minimum Gasteiger partial charge on any atom is -0.507 e. The molecule has 108 valence electrons. The molecule has 0 aliphatic carbocycles. The predicted molar refractivity (Wildman–Crippen MR) is 79.0 cm³/mol. The Morgan fingerprint density at radius 1 is 1.10 bits per heavy atom. The summed E-state index contributed by atoms with van der Waals surface area (Å²) in [6.07, 6.45) is 0. The van der Waals surface area contributed by atoms with Crippen molar-refractivity contribution in [2.75, 3.05) is 18.0 Å². The van der Waals surface area contributed by atoms with Crippen molar-refractivity contribution >= 4 is 26.6 Å². The number of fused-ring (bicyclic) bond motifs is 1. The molecule has 0 amide bonds. The van der Waals surface area contributed by atoms with Gasteiger partial charge in [0.1, 0.15) is 5.75 Å². The second-order valence-corrected chi connectivity index (χ2v) is 5.92. The fourth-order valence-corrected chi connectivity index (χ4v) is 2.78. The highest BCUT2D eigenvalue weighted by molar-refractivity contribution is 7.85. The molecule has 0 aliphatic heterocycles. The molecule has 0 atom stereocenters. The number of hydrogen-bond acceptors (Lipinski definition) is 4. The first-order chi connectivity index (χ1) is 9.36. The molecule has 0 radical (unpaired) electrons. The highest BCUT2D eigenvalue weighted by atomic mass is 32.2. The summed E-state index contributed by atoms with van der Waals surface area (Å²) in [6, 6.07) is 7.83. The van der Waals surface area contributed by atoms with Crippen LogP contribution in [0.25, 0.3) is 10.8 Å². The van der Waals surface area contributed by atoms with E-state index in [0.717, 1.165) is 24.8 Å². The van der Waals surface area contributed by atoms with Crippen LogP contribution in [0.15, 0.2) is 35.2 Å². The number of rotatable bonds is 4. The summed E-state index contributed by atoms with van der Waals surface area (Å²) in [4.78, 5) is 1.80. The SMILES string of the molecule is CCN(CC)c1ccc2c(O)cc(S(=O)(=O)O)cc2c1. The van der Waals surface area contributed by atoms with E-state index in [1.54, 1.807) is 12.1 Å². The zero-order valence-corrected chi connectivity index (χ0v) is 12.2. The molecule has 0 unspecified atom stereocenters. The van der Waals surface area contributed by atoms with E-state index in [0.29, 0.717) is 10.8 Å². The second kappa shape index (κ2) is 5.30. The van der Waals surface area contributed by atoms with Crippen LogP contribution in [-0.4, -0.2) is 31.2 Å². The normalized spacial score (nSPS) is 11.8. The Morgan fingerprint density at radius 3 is 2.30 bits per heavy atom. The van der Waals surface area contributed by atoms with Gasteiger partial charge in [0.05, 0.1) is 4.90 Å². The summed E-state index contributed by atoms with van der Waals surface area (Å²) in [5, 5.41) is 11.0. The van der Waals surface area contributed by atoms with Crippen molar-refractivity contribution in [2.24, 2.45) is 0 Å². The van der Waals surface area contributed by atoms with E-state index in [1.165, 1.54) is 6.07 Å². The Hall–Kier alpha value is -1.79. The Balaban J connectivity index is 2.67. The van der Waals surface area contributed by atoms with Crippen molar-refractivity contribution in [3.63, 3.8) is 0 Å². The molecule has 0 aliphatic rings. The van der Waals surface area contributed by atoms with E-state index in [4.69, 9.17) is 4.55 Å². The zero-order valence-electron chi connectivity index (χ0n) is 11.4. The number of phenols is 1. The van der Waals surface area contributed by atoms with Crippen LogP contribution >= 0.6 is 0 Å². The third kappa shape index (κ3) is 2.71. The van der Waals surface area contributed by atoms with Gasteiger partial charge in [-0.3, -0.25) is 4.55 Å². The first kappa shape index (κ1) is 14.6. The highest BCUT2D eigenvalue weighted by Gasteiger charge is 2.14. The molecule has 2 rings (SSSR count). The van der Waals surface area contributed by atoms with Crippen LogP contribution in [0, 0.1) is 0 Å². The first-order valence-corrected chi connectivity index (χ1v) is 7.80. The van der Waals surface area contributed by atoms with Crippen LogP contribution in [-0.2, 0) is 10.1 Å². The minimum absolute atomic E-state index is 0.166. The van der Waals surface area contributed by atoms with Crippen LogP contribution in [0.1, 0.15) is 13.8 Å². The molecular weight excluding hydrogens is 278 g/mol. The van der Waals surface area contributed by atoms with Crippen molar-refractivity contribution in [2.45, 2.75) is 18.7 Å². The molecule has 0 fully saturated rings. The molecule has 20 heavy (non-hydrogen) atoms. The van der Waals surface area contributed by atoms with Crippen molar-refractivity contribution in [3.8, 4) is 5.75 Å². The maximum Gasteiger partial charge on any atom is 0.294 e. The molecule has 6 heteroatoms. The van der Waals surface area contributed by atoms with Gasteiger partial charge in [0.25, 0.3) is 10.1 Å². The quantitative estimate of drug-likeness (QED) is 0.848. The maximum absolute atomic E-state index is 11.2. The largest absolute Gasteiger partial charge is 0.507 e. The predicted octanol–water partition coefficient (Wildman–Crippen LogP) is 2.64. The van der Waals surface area contributed by atoms with Crippen LogP contribution in [0.3, 0.4) is 0 Å². The standard InChI is InChI=1S/C14H17NO4S/c1-3-15(4-2)11-5-6-13-10(7-11)8-12(9-14(13)16)20(17,18)19/h5-9,16H,3-4H2,1-2H3,(H,17,18,19). The smallest absolute Gasteiger partial charge is 0.294 e. The number of nitrogens with zero attached hydrogens (tertiary/aromatic N) is 1. The zero-order chi connectivity index (χ0) is 14.9. The van der Waals surface area contributed by atoms with Gasteiger partial charge in [0.2, 0.25) is 0 Å². The summed E-state index contributed by atoms with van der Waals surface area (Å²) >= 11 is 0. The number of anilines is 1. The van der Waals surface area contributed by atoms with Gasteiger partial charge in [-0.1, -0.05) is 0 Å².